The Kier molecular flexibility index (Phi) is 3.13. The van der Waals surface area contributed by atoms with Gasteiger partial charge in [0.15, 0.2) is 0 Å². The third-order valence-corrected chi connectivity index (χ3v) is 4.11. The fourth-order valence-corrected chi connectivity index (χ4v) is 2.96. The van der Waals surface area contributed by atoms with Gasteiger partial charge in [-0.2, -0.15) is 0 Å². The van der Waals surface area contributed by atoms with Crippen LogP contribution in [0.1, 0.15) is 44.2 Å². The summed E-state index contributed by atoms with van der Waals surface area (Å²) in [5, 5.41) is 10.9. The first-order chi connectivity index (χ1) is 7.93. The van der Waals surface area contributed by atoms with Gasteiger partial charge in [0.25, 0.3) is 0 Å². The van der Waals surface area contributed by atoms with E-state index in [0.717, 1.165) is 30.4 Å². The van der Waals surface area contributed by atoms with Crippen molar-refractivity contribution in [2.45, 2.75) is 45.6 Å². The number of aromatic nitrogens is 1. The highest BCUT2D eigenvalue weighted by molar-refractivity contribution is 5.45. The predicted octanol–water partition coefficient (Wildman–Crippen LogP) is 2.62. The number of nitrogens with two attached hydrogens (primary N) is 1. The minimum atomic E-state index is -0.796. The van der Waals surface area contributed by atoms with Gasteiger partial charge in [0, 0.05) is 11.8 Å². The lowest BCUT2D eigenvalue weighted by Gasteiger charge is -2.41. The van der Waals surface area contributed by atoms with Gasteiger partial charge < -0.3 is 10.8 Å². The molecule has 1 saturated carbocycles. The SMILES string of the molecule is Cc1cnc(N)c(C2(O)CCC(C)CC2C)c1. The number of aliphatic hydroxyl groups is 1. The number of nitrogens with zero attached hydrogens (tertiary/aromatic N) is 1. The number of rotatable bonds is 1. The van der Waals surface area contributed by atoms with Crippen LogP contribution in [0.2, 0.25) is 0 Å². The van der Waals surface area contributed by atoms with Gasteiger partial charge in [0.1, 0.15) is 5.82 Å². The summed E-state index contributed by atoms with van der Waals surface area (Å²) in [6.07, 6.45) is 4.63. The van der Waals surface area contributed by atoms with Gasteiger partial charge in [0.2, 0.25) is 0 Å². The van der Waals surface area contributed by atoms with Gasteiger partial charge in [-0.05, 0) is 49.7 Å². The third kappa shape index (κ3) is 2.16. The van der Waals surface area contributed by atoms with Crippen molar-refractivity contribution in [2.24, 2.45) is 11.8 Å². The summed E-state index contributed by atoms with van der Waals surface area (Å²) in [7, 11) is 0. The van der Waals surface area contributed by atoms with Crippen LogP contribution >= 0.6 is 0 Å². The van der Waals surface area contributed by atoms with Crippen LogP contribution < -0.4 is 5.73 Å². The Labute approximate surface area is 103 Å². The van der Waals surface area contributed by atoms with Gasteiger partial charge in [-0.25, -0.2) is 4.98 Å². The average molecular weight is 234 g/mol. The van der Waals surface area contributed by atoms with E-state index in [9.17, 15) is 5.11 Å². The van der Waals surface area contributed by atoms with Crippen molar-refractivity contribution < 1.29 is 5.11 Å². The summed E-state index contributed by atoms with van der Waals surface area (Å²) < 4.78 is 0. The number of pyridine rings is 1. The molecule has 1 aliphatic carbocycles. The Morgan fingerprint density at radius 2 is 2.18 bits per heavy atom. The van der Waals surface area contributed by atoms with E-state index in [1.54, 1.807) is 6.20 Å². The van der Waals surface area contributed by atoms with Crippen molar-refractivity contribution in [2.75, 3.05) is 5.73 Å². The fourth-order valence-electron chi connectivity index (χ4n) is 2.96. The molecule has 0 aromatic carbocycles. The topological polar surface area (TPSA) is 59.1 Å². The Hall–Kier alpha value is -1.09. The van der Waals surface area contributed by atoms with Crippen molar-refractivity contribution in [1.29, 1.82) is 0 Å². The van der Waals surface area contributed by atoms with Crippen molar-refractivity contribution in [3.8, 4) is 0 Å². The summed E-state index contributed by atoms with van der Waals surface area (Å²) in [6.45, 7) is 6.33. The number of aryl methyl sites for hydroxylation is 1. The minimum absolute atomic E-state index is 0.233. The first-order valence-electron chi connectivity index (χ1n) is 6.38. The molecule has 3 N–H and O–H groups in total. The minimum Gasteiger partial charge on any atom is -0.385 e. The van der Waals surface area contributed by atoms with Crippen molar-refractivity contribution in [3.05, 3.63) is 23.4 Å². The van der Waals surface area contributed by atoms with Crippen LogP contribution in [0.25, 0.3) is 0 Å². The van der Waals surface area contributed by atoms with E-state index in [0.29, 0.717) is 11.7 Å². The monoisotopic (exact) mass is 234 g/mol. The van der Waals surface area contributed by atoms with Gasteiger partial charge in [-0.1, -0.05) is 13.8 Å². The van der Waals surface area contributed by atoms with E-state index in [1.807, 2.05) is 13.0 Å². The molecule has 1 aliphatic rings. The molecule has 0 saturated heterocycles. The zero-order chi connectivity index (χ0) is 12.6. The lowest BCUT2D eigenvalue weighted by atomic mass is 9.69. The van der Waals surface area contributed by atoms with E-state index in [4.69, 9.17) is 5.73 Å². The van der Waals surface area contributed by atoms with E-state index in [1.165, 1.54) is 0 Å². The highest BCUT2D eigenvalue weighted by Crippen LogP contribution is 2.45. The molecule has 0 aliphatic heterocycles. The summed E-state index contributed by atoms with van der Waals surface area (Å²) in [5.41, 5.74) is 7.00. The molecule has 0 radical (unpaired) electrons. The second kappa shape index (κ2) is 4.30. The Morgan fingerprint density at radius 1 is 1.47 bits per heavy atom. The second-order valence-corrected chi connectivity index (χ2v) is 5.65. The van der Waals surface area contributed by atoms with Crippen LogP contribution in [-0.2, 0) is 5.60 Å². The molecule has 94 valence electrons. The highest BCUT2D eigenvalue weighted by Gasteiger charge is 2.41. The largest absolute Gasteiger partial charge is 0.385 e. The lowest BCUT2D eigenvalue weighted by molar-refractivity contribution is -0.0583. The Morgan fingerprint density at radius 3 is 2.82 bits per heavy atom. The molecule has 1 fully saturated rings. The summed E-state index contributed by atoms with van der Waals surface area (Å²) >= 11 is 0. The average Bonchev–Trinajstić information content (AvgIpc) is 2.27. The maximum Gasteiger partial charge on any atom is 0.129 e. The second-order valence-electron chi connectivity index (χ2n) is 5.65. The molecule has 3 nitrogen and oxygen atoms in total. The van der Waals surface area contributed by atoms with Gasteiger partial charge in [-0.3, -0.25) is 0 Å². The molecule has 1 aromatic rings. The first kappa shape index (κ1) is 12.4. The molecule has 3 unspecified atom stereocenters. The van der Waals surface area contributed by atoms with Crippen LogP contribution in [0.3, 0.4) is 0 Å². The van der Waals surface area contributed by atoms with Gasteiger partial charge in [0.05, 0.1) is 5.60 Å². The molecule has 1 heterocycles. The number of anilines is 1. The number of nitrogen functional groups attached to an aromatic ring is 1. The molecule has 3 heteroatoms. The lowest BCUT2D eigenvalue weighted by Crippen LogP contribution is -2.39. The van der Waals surface area contributed by atoms with Crippen molar-refractivity contribution >= 4 is 5.82 Å². The normalized spacial score (nSPS) is 33.6. The van der Waals surface area contributed by atoms with E-state index < -0.39 is 5.60 Å². The maximum absolute atomic E-state index is 10.9. The summed E-state index contributed by atoms with van der Waals surface area (Å²) in [6, 6.07) is 1.98. The summed E-state index contributed by atoms with van der Waals surface area (Å²) in [4.78, 5) is 4.17. The number of hydrogen-bond acceptors (Lipinski definition) is 3. The van der Waals surface area contributed by atoms with Crippen molar-refractivity contribution in [1.82, 2.24) is 4.98 Å². The van der Waals surface area contributed by atoms with E-state index in [-0.39, 0.29) is 5.92 Å². The molecule has 0 bridgehead atoms. The molecule has 0 spiro atoms. The van der Waals surface area contributed by atoms with Crippen LogP contribution in [0, 0.1) is 18.8 Å². The van der Waals surface area contributed by atoms with E-state index in [2.05, 4.69) is 18.8 Å². The van der Waals surface area contributed by atoms with Crippen LogP contribution in [0.5, 0.6) is 0 Å². The van der Waals surface area contributed by atoms with Crippen LogP contribution in [0.15, 0.2) is 12.3 Å². The van der Waals surface area contributed by atoms with Crippen molar-refractivity contribution in [3.63, 3.8) is 0 Å². The van der Waals surface area contributed by atoms with Crippen LogP contribution in [-0.4, -0.2) is 10.1 Å². The molecule has 2 rings (SSSR count). The smallest absolute Gasteiger partial charge is 0.129 e. The Bertz CT molecular complexity index is 419. The zero-order valence-corrected chi connectivity index (χ0v) is 10.9. The quantitative estimate of drug-likeness (QED) is 0.785. The fraction of sp³-hybridized carbons (Fsp3) is 0.643. The predicted molar refractivity (Wildman–Crippen MR) is 69.5 cm³/mol. The molecule has 3 atom stereocenters. The van der Waals surface area contributed by atoms with Gasteiger partial charge in [-0.15, -0.1) is 0 Å². The standard InChI is InChI=1S/C14H22N2O/c1-9-4-5-14(17,11(3)6-9)12-7-10(2)8-16-13(12)15/h7-9,11,17H,4-6H2,1-3H3,(H2,15,16). The molecular formula is C14H22N2O. The Balaban J connectivity index is 2.40. The number of hydrogen-bond donors (Lipinski definition) is 2. The molecule has 1 aromatic heterocycles. The van der Waals surface area contributed by atoms with E-state index >= 15 is 0 Å². The molecular weight excluding hydrogens is 212 g/mol. The molecule has 17 heavy (non-hydrogen) atoms. The zero-order valence-electron chi connectivity index (χ0n) is 10.9. The van der Waals surface area contributed by atoms with Crippen LogP contribution in [0.4, 0.5) is 5.82 Å². The highest BCUT2D eigenvalue weighted by atomic mass is 16.3. The summed E-state index contributed by atoms with van der Waals surface area (Å²) in [5.74, 6) is 1.39. The maximum atomic E-state index is 10.9. The first-order valence-corrected chi connectivity index (χ1v) is 6.38. The third-order valence-electron chi connectivity index (χ3n) is 4.11. The molecule has 0 amide bonds. The van der Waals surface area contributed by atoms with Gasteiger partial charge >= 0.3 is 0 Å².